The molecule has 0 N–H and O–H groups in total. The molecule has 0 atom stereocenters. The normalized spacial score (nSPS) is 12.1. The summed E-state index contributed by atoms with van der Waals surface area (Å²) < 4.78 is 88.3. The first-order chi connectivity index (χ1) is 16.4. The molecule has 0 saturated carbocycles. The quantitative estimate of drug-likeness (QED) is 0.127. The van der Waals surface area contributed by atoms with Crippen LogP contribution in [0.25, 0.3) is 11.6 Å². The second-order valence-electron chi connectivity index (χ2n) is 7.12. The number of alkyl halides is 6. The maximum Gasteiger partial charge on any atom is 0.416 e. The molecule has 0 aromatic heterocycles. The van der Waals surface area contributed by atoms with Crippen LogP contribution in [0.2, 0.25) is 0 Å². The summed E-state index contributed by atoms with van der Waals surface area (Å²) in [4.78, 5) is 12.3. The molecule has 180 valence electrons. The molecule has 10 heteroatoms. The highest BCUT2D eigenvalue weighted by Crippen LogP contribution is 2.36. The van der Waals surface area contributed by atoms with Crippen LogP contribution in [0.3, 0.4) is 0 Å². The minimum absolute atomic E-state index is 0.0770. The molecule has 0 fully saturated rings. The van der Waals surface area contributed by atoms with Gasteiger partial charge in [0.15, 0.2) is 0 Å². The number of nitrogens with zero attached hydrogens (tertiary/aromatic N) is 1. The SMILES string of the molecule is COc1ccccc1/C(C#N)=C\c1ccc(OC(=O)c2cc(C(F)(F)F)cc(C(F)(F)F)c2)cc1. The van der Waals surface area contributed by atoms with Crippen LogP contribution >= 0.6 is 0 Å². The number of carbonyl (C=O) groups excluding carboxylic acids is 1. The molecule has 0 spiro atoms. The Morgan fingerprint density at radius 1 is 0.886 bits per heavy atom. The van der Waals surface area contributed by atoms with Crippen molar-refractivity contribution in [1.29, 1.82) is 5.26 Å². The van der Waals surface area contributed by atoms with Gasteiger partial charge in [-0.15, -0.1) is 0 Å². The van der Waals surface area contributed by atoms with Crippen LogP contribution in [0.1, 0.15) is 32.6 Å². The molecule has 0 aliphatic rings. The van der Waals surface area contributed by atoms with Crippen molar-refractivity contribution in [3.05, 3.63) is 94.5 Å². The second kappa shape index (κ2) is 9.93. The van der Waals surface area contributed by atoms with E-state index >= 15 is 0 Å². The van der Waals surface area contributed by atoms with Gasteiger partial charge in [-0.05, 0) is 54.1 Å². The Hall–Kier alpha value is -4.26. The molecular weight excluding hydrogens is 476 g/mol. The van der Waals surface area contributed by atoms with Crippen LogP contribution in [0.4, 0.5) is 26.3 Å². The van der Waals surface area contributed by atoms with Crippen LogP contribution in [-0.4, -0.2) is 13.1 Å². The Labute approximate surface area is 195 Å². The number of hydrogen-bond acceptors (Lipinski definition) is 4. The van der Waals surface area contributed by atoms with Crippen molar-refractivity contribution in [2.45, 2.75) is 12.4 Å². The first-order valence-corrected chi connectivity index (χ1v) is 9.79. The molecule has 3 aromatic carbocycles. The number of methoxy groups -OCH3 is 1. The monoisotopic (exact) mass is 491 g/mol. The van der Waals surface area contributed by atoms with E-state index in [4.69, 9.17) is 9.47 Å². The number of allylic oxidation sites excluding steroid dienone is 1. The van der Waals surface area contributed by atoms with Gasteiger partial charge in [-0.2, -0.15) is 31.6 Å². The molecule has 0 aliphatic carbocycles. The number of esters is 1. The maximum atomic E-state index is 13.0. The van der Waals surface area contributed by atoms with Crippen molar-refractivity contribution in [3.8, 4) is 17.6 Å². The average molecular weight is 491 g/mol. The predicted octanol–water partition coefficient (Wildman–Crippen LogP) is 7.02. The molecule has 0 unspecified atom stereocenters. The van der Waals surface area contributed by atoms with E-state index in [2.05, 4.69) is 6.07 Å². The number of para-hydroxylation sites is 1. The molecule has 0 amide bonds. The summed E-state index contributed by atoms with van der Waals surface area (Å²) in [5, 5.41) is 9.52. The average Bonchev–Trinajstić information content (AvgIpc) is 2.82. The van der Waals surface area contributed by atoms with Crippen molar-refractivity contribution in [3.63, 3.8) is 0 Å². The first kappa shape index (κ1) is 25.4. The van der Waals surface area contributed by atoms with E-state index in [0.29, 0.717) is 29.0 Å². The summed E-state index contributed by atoms with van der Waals surface area (Å²) in [6, 6.07) is 14.9. The van der Waals surface area contributed by atoms with Crippen LogP contribution in [-0.2, 0) is 12.4 Å². The van der Waals surface area contributed by atoms with Crippen molar-refractivity contribution in [1.82, 2.24) is 0 Å². The minimum Gasteiger partial charge on any atom is -0.496 e. The Bertz CT molecular complexity index is 1270. The fraction of sp³-hybridized carbons (Fsp3) is 0.120. The highest BCUT2D eigenvalue weighted by atomic mass is 19.4. The highest BCUT2D eigenvalue weighted by Gasteiger charge is 2.37. The molecule has 3 rings (SSSR count). The van der Waals surface area contributed by atoms with Gasteiger partial charge in [-0.25, -0.2) is 4.79 Å². The van der Waals surface area contributed by atoms with Crippen LogP contribution < -0.4 is 9.47 Å². The van der Waals surface area contributed by atoms with Gasteiger partial charge >= 0.3 is 18.3 Å². The van der Waals surface area contributed by atoms with Gasteiger partial charge in [0.05, 0.1) is 35.4 Å². The Morgan fingerprint density at radius 2 is 1.46 bits per heavy atom. The summed E-state index contributed by atoms with van der Waals surface area (Å²) in [5.41, 5.74) is -2.82. The molecule has 0 heterocycles. The van der Waals surface area contributed by atoms with Crippen LogP contribution in [0, 0.1) is 11.3 Å². The fourth-order valence-electron chi connectivity index (χ4n) is 3.07. The lowest BCUT2D eigenvalue weighted by Gasteiger charge is -2.14. The van der Waals surface area contributed by atoms with Crippen molar-refractivity contribution in [2.24, 2.45) is 0 Å². The first-order valence-electron chi connectivity index (χ1n) is 9.79. The summed E-state index contributed by atoms with van der Waals surface area (Å²) in [6.07, 6.45) is -8.65. The zero-order valence-corrected chi connectivity index (χ0v) is 17.9. The number of halogens is 6. The number of ether oxygens (including phenoxy) is 2. The zero-order valence-electron chi connectivity index (χ0n) is 17.9. The summed E-state index contributed by atoms with van der Waals surface area (Å²) in [5.74, 6) is -1.03. The van der Waals surface area contributed by atoms with Crippen LogP contribution in [0.15, 0.2) is 66.7 Å². The second-order valence-corrected chi connectivity index (χ2v) is 7.12. The van der Waals surface area contributed by atoms with Crippen molar-refractivity contribution >= 4 is 17.6 Å². The third-order valence-electron chi connectivity index (χ3n) is 4.74. The molecule has 0 aliphatic heterocycles. The van der Waals surface area contributed by atoms with E-state index in [1.165, 1.54) is 37.5 Å². The van der Waals surface area contributed by atoms with E-state index in [1.54, 1.807) is 24.3 Å². The topological polar surface area (TPSA) is 59.3 Å². The number of benzene rings is 3. The van der Waals surface area contributed by atoms with E-state index in [0.717, 1.165) is 0 Å². The molecule has 3 aromatic rings. The Balaban J connectivity index is 1.86. The van der Waals surface area contributed by atoms with Gasteiger partial charge < -0.3 is 9.47 Å². The van der Waals surface area contributed by atoms with Crippen molar-refractivity contribution in [2.75, 3.05) is 7.11 Å². The number of carbonyl (C=O) groups is 1. The van der Waals surface area contributed by atoms with Gasteiger partial charge in [-0.3, -0.25) is 0 Å². The number of nitriles is 1. The summed E-state index contributed by atoms with van der Waals surface area (Å²) >= 11 is 0. The predicted molar refractivity (Wildman–Crippen MR) is 114 cm³/mol. The lowest BCUT2D eigenvalue weighted by molar-refractivity contribution is -0.143. The van der Waals surface area contributed by atoms with E-state index in [-0.39, 0.29) is 17.4 Å². The van der Waals surface area contributed by atoms with Gasteiger partial charge in [-0.1, -0.05) is 24.3 Å². The Kier molecular flexibility index (Phi) is 7.20. The smallest absolute Gasteiger partial charge is 0.416 e. The minimum atomic E-state index is -5.09. The fourth-order valence-corrected chi connectivity index (χ4v) is 3.07. The zero-order chi connectivity index (χ0) is 25.8. The standard InChI is InChI=1S/C25H15F6NO3/c1-34-22-5-3-2-4-21(22)17(14-32)10-15-6-8-20(9-7-15)35-23(33)16-11-18(24(26,27)28)13-19(12-16)25(29,30)31/h2-13H,1H3/b17-10-. The van der Waals surface area contributed by atoms with E-state index < -0.39 is 35.0 Å². The molecular formula is C25H15F6NO3. The van der Waals surface area contributed by atoms with Gasteiger partial charge in [0.1, 0.15) is 11.5 Å². The summed E-state index contributed by atoms with van der Waals surface area (Å²) in [7, 11) is 1.46. The van der Waals surface area contributed by atoms with Gasteiger partial charge in [0.25, 0.3) is 0 Å². The third kappa shape index (κ3) is 6.20. The third-order valence-corrected chi connectivity index (χ3v) is 4.74. The Morgan fingerprint density at radius 3 is 1.97 bits per heavy atom. The van der Waals surface area contributed by atoms with Crippen molar-refractivity contribution < 1.29 is 40.6 Å². The molecule has 0 bridgehead atoms. The molecule has 35 heavy (non-hydrogen) atoms. The molecule has 0 radical (unpaired) electrons. The largest absolute Gasteiger partial charge is 0.496 e. The number of hydrogen-bond donors (Lipinski definition) is 0. The molecule has 4 nitrogen and oxygen atoms in total. The molecule has 0 saturated heterocycles. The van der Waals surface area contributed by atoms with Gasteiger partial charge in [0.2, 0.25) is 0 Å². The van der Waals surface area contributed by atoms with Gasteiger partial charge in [0, 0.05) is 5.56 Å². The highest BCUT2D eigenvalue weighted by molar-refractivity contribution is 5.92. The lowest BCUT2D eigenvalue weighted by Crippen LogP contribution is -2.15. The van der Waals surface area contributed by atoms with E-state index in [1.807, 2.05) is 0 Å². The maximum absolute atomic E-state index is 13.0. The van der Waals surface area contributed by atoms with Crippen LogP contribution in [0.5, 0.6) is 11.5 Å². The number of rotatable bonds is 5. The van der Waals surface area contributed by atoms with E-state index in [9.17, 15) is 36.4 Å². The summed E-state index contributed by atoms with van der Waals surface area (Å²) in [6.45, 7) is 0. The lowest BCUT2D eigenvalue weighted by atomic mass is 10.0.